The fraction of sp³-hybridized carbons (Fsp3) is 0.286. The first-order valence-corrected chi connectivity index (χ1v) is 4.66. The Hall–Kier alpha value is -0.580. The molecule has 1 aromatic rings. The topological polar surface area (TPSA) is 55.1 Å². The molecule has 66 valence electrons. The molecule has 0 fully saturated rings. The number of carbonyl (C=O) groups excluding carboxylic acids is 1. The lowest BCUT2D eigenvalue weighted by molar-refractivity contribution is -0.117. The van der Waals surface area contributed by atoms with E-state index in [4.69, 9.17) is 17.3 Å². The van der Waals surface area contributed by atoms with E-state index >= 15 is 0 Å². The van der Waals surface area contributed by atoms with Crippen LogP contribution in [0.5, 0.6) is 0 Å². The molecule has 0 saturated heterocycles. The number of carbonyl (C=O) groups is 1. The minimum absolute atomic E-state index is 0.204. The zero-order chi connectivity index (χ0) is 8.97. The molecule has 3 nitrogen and oxygen atoms in total. The zero-order valence-electron chi connectivity index (χ0n) is 6.34. The Morgan fingerprint density at radius 1 is 1.75 bits per heavy atom. The molecular formula is C7H9ClN2OS. The summed E-state index contributed by atoms with van der Waals surface area (Å²) in [7, 11) is 0. The van der Waals surface area contributed by atoms with E-state index < -0.39 is 0 Å². The van der Waals surface area contributed by atoms with Crippen LogP contribution in [0, 0.1) is 0 Å². The molecule has 5 heteroatoms. The van der Waals surface area contributed by atoms with Crippen LogP contribution in [0.25, 0.3) is 0 Å². The first kappa shape index (κ1) is 9.51. The Balaban J connectivity index is 2.29. The van der Waals surface area contributed by atoms with Crippen molar-refractivity contribution in [3.63, 3.8) is 0 Å². The smallest absolute Gasteiger partial charge is 0.231 e. The predicted octanol–water partition coefficient (Wildman–Crippen LogP) is 0.976. The number of hydrogen-bond donors (Lipinski definition) is 2. The molecule has 0 aliphatic rings. The number of amides is 1. The second-order valence-corrected chi connectivity index (χ2v) is 3.73. The van der Waals surface area contributed by atoms with E-state index in [0.717, 1.165) is 9.90 Å². The SMILES string of the molecule is NC(=O)CNCc1cc(Cl)cs1. The minimum Gasteiger partial charge on any atom is -0.369 e. The van der Waals surface area contributed by atoms with Crippen molar-refractivity contribution in [3.05, 3.63) is 21.3 Å². The Bertz CT molecular complexity index is 274. The summed E-state index contributed by atoms with van der Waals surface area (Å²) in [5.74, 6) is -0.349. The van der Waals surface area contributed by atoms with Gasteiger partial charge in [0.05, 0.1) is 11.6 Å². The van der Waals surface area contributed by atoms with Crippen molar-refractivity contribution in [2.75, 3.05) is 6.54 Å². The van der Waals surface area contributed by atoms with Crippen LogP contribution in [0.4, 0.5) is 0 Å². The van der Waals surface area contributed by atoms with Gasteiger partial charge >= 0.3 is 0 Å². The summed E-state index contributed by atoms with van der Waals surface area (Å²) in [5.41, 5.74) is 4.94. The van der Waals surface area contributed by atoms with Crippen molar-refractivity contribution in [3.8, 4) is 0 Å². The van der Waals surface area contributed by atoms with Gasteiger partial charge in [-0.05, 0) is 6.07 Å². The van der Waals surface area contributed by atoms with Crippen molar-refractivity contribution < 1.29 is 4.79 Å². The molecule has 0 aliphatic carbocycles. The third-order valence-corrected chi connectivity index (χ3v) is 2.50. The Kier molecular flexibility index (Phi) is 3.52. The summed E-state index contributed by atoms with van der Waals surface area (Å²) in [5, 5.41) is 5.47. The molecule has 1 heterocycles. The molecule has 0 saturated carbocycles. The maximum absolute atomic E-state index is 10.3. The molecule has 0 aromatic carbocycles. The Morgan fingerprint density at radius 2 is 2.50 bits per heavy atom. The normalized spacial score (nSPS) is 10.1. The second-order valence-electron chi connectivity index (χ2n) is 2.30. The van der Waals surface area contributed by atoms with Gasteiger partial charge in [0.2, 0.25) is 5.91 Å². The van der Waals surface area contributed by atoms with Crippen molar-refractivity contribution >= 4 is 28.8 Å². The molecule has 0 aliphatic heterocycles. The van der Waals surface area contributed by atoms with E-state index in [9.17, 15) is 4.79 Å². The lowest BCUT2D eigenvalue weighted by Gasteiger charge is -1.97. The van der Waals surface area contributed by atoms with Crippen LogP contribution in [-0.4, -0.2) is 12.5 Å². The van der Waals surface area contributed by atoms with Crippen LogP contribution in [0.3, 0.4) is 0 Å². The van der Waals surface area contributed by atoms with Crippen LogP contribution < -0.4 is 11.1 Å². The van der Waals surface area contributed by atoms with E-state index in [1.807, 2.05) is 11.4 Å². The van der Waals surface area contributed by atoms with Crippen LogP contribution in [0.15, 0.2) is 11.4 Å². The van der Waals surface area contributed by atoms with E-state index in [1.165, 1.54) is 0 Å². The number of hydrogen-bond acceptors (Lipinski definition) is 3. The number of halogens is 1. The minimum atomic E-state index is -0.349. The summed E-state index contributed by atoms with van der Waals surface area (Å²) in [6.45, 7) is 0.843. The number of rotatable bonds is 4. The third-order valence-electron chi connectivity index (χ3n) is 1.22. The number of nitrogens with two attached hydrogens (primary N) is 1. The van der Waals surface area contributed by atoms with Gasteiger partial charge < -0.3 is 11.1 Å². The maximum atomic E-state index is 10.3. The summed E-state index contributed by atoms with van der Waals surface area (Å²) in [6.07, 6.45) is 0. The molecule has 3 N–H and O–H groups in total. The molecule has 0 spiro atoms. The largest absolute Gasteiger partial charge is 0.369 e. The average molecular weight is 205 g/mol. The molecule has 1 aromatic heterocycles. The van der Waals surface area contributed by atoms with Crippen molar-refractivity contribution in [1.82, 2.24) is 5.32 Å². The summed E-state index contributed by atoms with van der Waals surface area (Å²) < 4.78 is 0. The Morgan fingerprint density at radius 3 is 3.00 bits per heavy atom. The van der Waals surface area contributed by atoms with Gasteiger partial charge in [0, 0.05) is 16.8 Å². The van der Waals surface area contributed by atoms with Gasteiger partial charge in [0.25, 0.3) is 0 Å². The Labute approximate surface area is 79.5 Å². The van der Waals surface area contributed by atoms with Crippen LogP contribution in [0.2, 0.25) is 5.02 Å². The first-order valence-electron chi connectivity index (χ1n) is 3.40. The van der Waals surface area contributed by atoms with Gasteiger partial charge in [-0.15, -0.1) is 11.3 Å². The van der Waals surface area contributed by atoms with E-state index in [2.05, 4.69) is 5.32 Å². The van der Waals surface area contributed by atoms with Gasteiger partial charge in [-0.25, -0.2) is 0 Å². The predicted molar refractivity (Wildman–Crippen MR) is 50.2 cm³/mol. The standard InChI is InChI=1S/C7H9ClN2OS/c8-5-1-6(12-4-5)2-10-3-7(9)11/h1,4,10H,2-3H2,(H2,9,11). The van der Waals surface area contributed by atoms with E-state index in [1.54, 1.807) is 11.3 Å². The molecule has 1 rings (SSSR count). The molecule has 0 bridgehead atoms. The summed E-state index contributed by atoms with van der Waals surface area (Å²) in [6, 6.07) is 1.86. The van der Waals surface area contributed by atoms with E-state index in [-0.39, 0.29) is 12.5 Å². The van der Waals surface area contributed by atoms with Crippen molar-refractivity contribution in [2.45, 2.75) is 6.54 Å². The fourth-order valence-corrected chi connectivity index (χ4v) is 1.80. The van der Waals surface area contributed by atoms with E-state index in [0.29, 0.717) is 6.54 Å². The molecular weight excluding hydrogens is 196 g/mol. The first-order chi connectivity index (χ1) is 5.68. The monoisotopic (exact) mass is 204 g/mol. The lowest BCUT2D eigenvalue weighted by atomic mass is 10.4. The highest BCUT2D eigenvalue weighted by atomic mass is 35.5. The highest BCUT2D eigenvalue weighted by Crippen LogP contribution is 2.18. The average Bonchev–Trinajstić information content (AvgIpc) is 2.35. The highest BCUT2D eigenvalue weighted by Gasteiger charge is 1.97. The number of thiophene rings is 1. The van der Waals surface area contributed by atoms with Crippen LogP contribution in [-0.2, 0) is 11.3 Å². The maximum Gasteiger partial charge on any atom is 0.231 e. The van der Waals surface area contributed by atoms with Gasteiger partial charge in [-0.1, -0.05) is 11.6 Å². The summed E-state index contributed by atoms with van der Waals surface area (Å²) >= 11 is 7.25. The molecule has 12 heavy (non-hydrogen) atoms. The van der Waals surface area contributed by atoms with Crippen LogP contribution >= 0.6 is 22.9 Å². The number of primary amides is 1. The van der Waals surface area contributed by atoms with Crippen molar-refractivity contribution in [2.24, 2.45) is 5.73 Å². The fourth-order valence-electron chi connectivity index (χ4n) is 0.755. The number of nitrogens with one attached hydrogen (secondary N) is 1. The third kappa shape index (κ3) is 3.21. The van der Waals surface area contributed by atoms with Crippen LogP contribution in [0.1, 0.15) is 4.88 Å². The molecule has 1 amide bonds. The summed E-state index contributed by atoms with van der Waals surface area (Å²) in [4.78, 5) is 11.4. The van der Waals surface area contributed by atoms with Crippen molar-refractivity contribution in [1.29, 1.82) is 0 Å². The van der Waals surface area contributed by atoms with Gasteiger partial charge in [0.1, 0.15) is 0 Å². The lowest BCUT2D eigenvalue weighted by Crippen LogP contribution is -2.27. The molecule has 0 atom stereocenters. The van der Waals surface area contributed by atoms with Gasteiger partial charge in [-0.2, -0.15) is 0 Å². The van der Waals surface area contributed by atoms with Gasteiger partial charge in [0.15, 0.2) is 0 Å². The van der Waals surface area contributed by atoms with Gasteiger partial charge in [-0.3, -0.25) is 4.79 Å². The molecule has 0 unspecified atom stereocenters. The quantitative estimate of drug-likeness (QED) is 0.768. The second kappa shape index (κ2) is 4.45. The zero-order valence-corrected chi connectivity index (χ0v) is 7.91. The highest BCUT2D eigenvalue weighted by molar-refractivity contribution is 7.10. The molecule has 0 radical (unpaired) electrons.